The molecule has 4 heterocycles. The Balaban J connectivity index is 1.25. The van der Waals surface area contributed by atoms with Crippen LogP contribution < -0.4 is 10.6 Å². The van der Waals surface area contributed by atoms with Crippen LogP contribution in [0.2, 0.25) is 0 Å². The molecular weight excluding hydrogens is 384 g/mol. The third kappa shape index (κ3) is 3.24. The largest absolute Gasteiger partial charge is 0.367 e. The molecule has 3 aliphatic rings. The average Bonchev–Trinajstić information content (AvgIpc) is 3.42. The molecule has 0 amide bonds. The van der Waals surface area contributed by atoms with Crippen LogP contribution in [0.5, 0.6) is 0 Å². The minimum absolute atomic E-state index is 0.103. The molecule has 6 rings (SSSR count). The molecule has 2 aliphatic carbocycles. The molecule has 2 bridgehead atoms. The Morgan fingerprint density at radius 1 is 1.03 bits per heavy atom. The maximum Gasteiger partial charge on any atom is 0.0906 e. The van der Waals surface area contributed by atoms with E-state index in [1.807, 2.05) is 30.6 Å². The van der Waals surface area contributed by atoms with Crippen LogP contribution in [0.1, 0.15) is 49.1 Å². The van der Waals surface area contributed by atoms with E-state index in [2.05, 4.69) is 38.6 Å². The monoisotopic (exact) mass is 414 g/mol. The molecule has 1 aliphatic heterocycles. The molecule has 2 fully saturated rings. The first-order valence-electron chi connectivity index (χ1n) is 11.5. The number of aryl methyl sites for hydroxylation is 1. The Hall–Kier alpha value is -2.73. The van der Waals surface area contributed by atoms with Crippen LogP contribution in [-0.2, 0) is 19.5 Å². The third-order valence-electron chi connectivity index (χ3n) is 7.89. The van der Waals surface area contributed by atoms with Crippen LogP contribution in [0, 0.1) is 12.3 Å². The van der Waals surface area contributed by atoms with Crippen molar-refractivity contribution in [3.8, 4) is 11.4 Å². The summed E-state index contributed by atoms with van der Waals surface area (Å²) in [7, 11) is 0. The SMILES string of the molecule is Cc1nn(CC23CCC(N)(CC2)C3)c2c1CN(c1ccnc(-c3ccccn3)c1)CC2. The lowest BCUT2D eigenvalue weighted by molar-refractivity contribution is 0.233. The van der Waals surface area contributed by atoms with Gasteiger partial charge in [0, 0.05) is 60.9 Å². The summed E-state index contributed by atoms with van der Waals surface area (Å²) in [5, 5.41) is 5.01. The van der Waals surface area contributed by atoms with Gasteiger partial charge >= 0.3 is 0 Å². The van der Waals surface area contributed by atoms with Crippen LogP contribution in [0.4, 0.5) is 5.69 Å². The normalized spacial score (nSPS) is 27.0. The van der Waals surface area contributed by atoms with Crippen LogP contribution >= 0.6 is 0 Å². The first kappa shape index (κ1) is 19.0. The lowest BCUT2D eigenvalue weighted by atomic mass is 9.84. The topological polar surface area (TPSA) is 72.9 Å². The summed E-state index contributed by atoms with van der Waals surface area (Å²) in [6.07, 6.45) is 10.8. The van der Waals surface area contributed by atoms with Crippen LogP contribution in [0.25, 0.3) is 11.4 Å². The van der Waals surface area contributed by atoms with Crippen molar-refractivity contribution in [2.75, 3.05) is 11.4 Å². The highest BCUT2D eigenvalue weighted by molar-refractivity contribution is 5.61. The number of hydrogen-bond acceptors (Lipinski definition) is 5. The van der Waals surface area contributed by atoms with Gasteiger partial charge in [-0.25, -0.2) is 0 Å². The predicted octanol–water partition coefficient (Wildman–Crippen LogP) is 3.87. The maximum atomic E-state index is 6.57. The molecule has 2 saturated carbocycles. The quantitative estimate of drug-likeness (QED) is 0.702. The molecule has 0 unspecified atom stereocenters. The highest BCUT2D eigenvalue weighted by Gasteiger charge is 2.52. The van der Waals surface area contributed by atoms with Crippen molar-refractivity contribution in [2.45, 2.75) is 64.1 Å². The number of pyridine rings is 2. The van der Waals surface area contributed by atoms with Gasteiger partial charge in [-0.15, -0.1) is 0 Å². The van der Waals surface area contributed by atoms with Crippen molar-refractivity contribution in [2.24, 2.45) is 11.1 Å². The zero-order valence-corrected chi connectivity index (χ0v) is 18.2. The Morgan fingerprint density at radius 3 is 2.61 bits per heavy atom. The summed E-state index contributed by atoms with van der Waals surface area (Å²) < 4.78 is 2.34. The summed E-state index contributed by atoms with van der Waals surface area (Å²) in [4.78, 5) is 11.4. The molecule has 3 aromatic heterocycles. The molecule has 3 aromatic rings. The maximum absolute atomic E-state index is 6.57. The van der Waals surface area contributed by atoms with Crippen molar-refractivity contribution in [3.05, 3.63) is 59.7 Å². The molecule has 6 heteroatoms. The second-order valence-corrected chi connectivity index (χ2v) is 9.99. The van der Waals surface area contributed by atoms with Crippen LogP contribution in [0.15, 0.2) is 42.7 Å². The highest BCUT2D eigenvalue weighted by atomic mass is 15.3. The molecule has 2 N–H and O–H groups in total. The summed E-state index contributed by atoms with van der Waals surface area (Å²) in [6, 6.07) is 10.2. The Labute approximate surface area is 183 Å². The fourth-order valence-corrected chi connectivity index (χ4v) is 6.19. The van der Waals surface area contributed by atoms with Gasteiger partial charge in [-0.2, -0.15) is 5.10 Å². The van der Waals surface area contributed by atoms with Gasteiger partial charge in [-0.05, 0) is 68.7 Å². The fourth-order valence-electron chi connectivity index (χ4n) is 6.19. The van der Waals surface area contributed by atoms with Gasteiger partial charge in [0.25, 0.3) is 0 Å². The van der Waals surface area contributed by atoms with E-state index in [9.17, 15) is 0 Å². The van der Waals surface area contributed by atoms with Crippen LogP contribution in [-0.4, -0.2) is 31.8 Å². The average molecular weight is 415 g/mol. The van der Waals surface area contributed by atoms with E-state index in [0.717, 1.165) is 37.4 Å². The fraction of sp³-hybridized carbons (Fsp3) is 0.480. The standard InChI is InChI=1S/C25H30N6/c1-18-20-15-30(19-5-12-28-22(14-19)21-4-2-3-11-27-21)13-6-23(20)31(29-18)17-24-7-9-25(26,16-24)10-8-24/h2-5,11-12,14H,6-10,13,15-17,26H2,1H3. The molecule has 31 heavy (non-hydrogen) atoms. The number of fused-ring (bicyclic) bond motifs is 3. The first-order valence-corrected chi connectivity index (χ1v) is 11.5. The molecule has 6 nitrogen and oxygen atoms in total. The third-order valence-corrected chi connectivity index (χ3v) is 7.89. The van der Waals surface area contributed by atoms with Gasteiger partial charge in [0.05, 0.1) is 17.1 Å². The van der Waals surface area contributed by atoms with Gasteiger partial charge in [0.1, 0.15) is 0 Å². The first-order chi connectivity index (χ1) is 15.0. The lowest BCUT2D eigenvalue weighted by Gasteiger charge is -2.31. The van der Waals surface area contributed by atoms with E-state index in [-0.39, 0.29) is 5.54 Å². The molecule has 0 saturated heterocycles. The Morgan fingerprint density at radius 2 is 1.87 bits per heavy atom. The molecular formula is C25H30N6. The predicted molar refractivity (Wildman–Crippen MR) is 122 cm³/mol. The van der Waals surface area contributed by atoms with E-state index in [1.165, 1.54) is 54.7 Å². The summed E-state index contributed by atoms with van der Waals surface area (Å²) in [6.45, 7) is 5.11. The van der Waals surface area contributed by atoms with Gasteiger partial charge in [0.2, 0.25) is 0 Å². The van der Waals surface area contributed by atoms with Crippen molar-refractivity contribution in [3.63, 3.8) is 0 Å². The second kappa shape index (κ2) is 6.89. The smallest absolute Gasteiger partial charge is 0.0906 e. The Kier molecular flexibility index (Phi) is 4.22. The number of aromatic nitrogens is 4. The van der Waals surface area contributed by atoms with Crippen molar-refractivity contribution < 1.29 is 0 Å². The molecule has 0 aromatic carbocycles. The van der Waals surface area contributed by atoms with E-state index in [4.69, 9.17) is 10.8 Å². The minimum Gasteiger partial charge on any atom is -0.367 e. The van der Waals surface area contributed by atoms with Gasteiger partial charge < -0.3 is 10.6 Å². The summed E-state index contributed by atoms with van der Waals surface area (Å²) in [5.41, 5.74) is 14.1. The Bertz CT molecular complexity index is 1110. The lowest BCUT2D eigenvalue weighted by Crippen LogP contribution is -2.33. The van der Waals surface area contributed by atoms with Gasteiger partial charge in [-0.3, -0.25) is 14.6 Å². The summed E-state index contributed by atoms with van der Waals surface area (Å²) >= 11 is 0. The van der Waals surface area contributed by atoms with E-state index in [1.54, 1.807) is 0 Å². The molecule has 160 valence electrons. The zero-order chi connectivity index (χ0) is 21.1. The number of hydrogen-bond donors (Lipinski definition) is 1. The van der Waals surface area contributed by atoms with Gasteiger partial charge in [-0.1, -0.05) is 6.07 Å². The second-order valence-electron chi connectivity index (χ2n) is 9.99. The number of nitrogens with two attached hydrogens (primary N) is 1. The van der Waals surface area contributed by atoms with Crippen molar-refractivity contribution in [1.82, 2.24) is 19.7 Å². The highest BCUT2D eigenvalue weighted by Crippen LogP contribution is 2.56. The summed E-state index contributed by atoms with van der Waals surface area (Å²) in [5.74, 6) is 0. The van der Waals surface area contributed by atoms with Crippen molar-refractivity contribution >= 4 is 5.69 Å². The minimum atomic E-state index is 0.103. The zero-order valence-electron chi connectivity index (χ0n) is 18.2. The van der Waals surface area contributed by atoms with Crippen molar-refractivity contribution in [1.29, 1.82) is 0 Å². The number of anilines is 1. The van der Waals surface area contributed by atoms with Crippen LogP contribution in [0.3, 0.4) is 0 Å². The van der Waals surface area contributed by atoms with E-state index < -0.39 is 0 Å². The van der Waals surface area contributed by atoms with E-state index >= 15 is 0 Å². The molecule has 0 radical (unpaired) electrons. The van der Waals surface area contributed by atoms with E-state index in [0.29, 0.717) is 5.41 Å². The molecule has 0 atom stereocenters. The number of rotatable bonds is 4. The van der Waals surface area contributed by atoms with Gasteiger partial charge in [0.15, 0.2) is 0 Å². The number of nitrogens with zero attached hydrogens (tertiary/aromatic N) is 5. The molecule has 0 spiro atoms.